The SMILES string of the molecule is O=C(NN1CCC(Cc2ccc(F)cc2)CC1Cl)c1cc2ccccc2[nH]1. The molecule has 2 heterocycles. The molecule has 4 rings (SSSR count). The van der Waals surface area contributed by atoms with E-state index < -0.39 is 0 Å². The number of halogens is 2. The zero-order valence-electron chi connectivity index (χ0n) is 14.8. The fraction of sp³-hybridized carbons (Fsp3) is 0.286. The van der Waals surface area contributed by atoms with E-state index in [-0.39, 0.29) is 17.2 Å². The Hall–Kier alpha value is -2.37. The number of fused-ring (bicyclic) bond motifs is 1. The van der Waals surface area contributed by atoms with E-state index in [4.69, 9.17) is 11.6 Å². The van der Waals surface area contributed by atoms with Gasteiger partial charge in [-0.25, -0.2) is 9.40 Å². The summed E-state index contributed by atoms with van der Waals surface area (Å²) in [5, 5.41) is 2.80. The van der Waals surface area contributed by atoms with Crippen LogP contribution in [0.2, 0.25) is 0 Å². The van der Waals surface area contributed by atoms with Crippen molar-refractivity contribution in [1.82, 2.24) is 15.4 Å². The van der Waals surface area contributed by atoms with Crippen LogP contribution in [0.15, 0.2) is 54.6 Å². The van der Waals surface area contributed by atoms with Crippen LogP contribution >= 0.6 is 11.6 Å². The molecule has 0 aliphatic carbocycles. The smallest absolute Gasteiger partial charge is 0.282 e. The summed E-state index contributed by atoms with van der Waals surface area (Å²) < 4.78 is 13.0. The minimum absolute atomic E-state index is 0.186. The molecule has 1 aliphatic rings. The van der Waals surface area contributed by atoms with Gasteiger partial charge in [-0.2, -0.15) is 0 Å². The minimum Gasteiger partial charge on any atom is -0.350 e. The lowest BCUT2D eigenvalue weighted by Crippen LogP contribution is -2.50. The highest BCUT2D eigenvalue weighted by atomic mass is 35.5. The van der Waals surface area contributed by atoms with Crippen molar-refractivity contribution in [3.05, 3.63) is 71.7 Å². The molecule has 2 aromatic carbocycles. The second-order valence-corrected chi connectivity index (χ2v) is 7.56. The maximum Gasteiger partial charge on any atom is 0.282 e. The average molecular weight is 386 g/mol. The number of nitrogens with zero attached hydrogens (tertiary/aromatic N) is 1. The third kappa shape index (κ3) is 4.15. The van der Waals surface area contributed by atoms with E-state index >= 15 is 0 Å². The summed E-state index contributed by atoms with van der Waals surface area (Å²) in [6, 6.07) is 16.2. The first-order valence-electron chi connectivity index (χ1n) is 9.12. The Labute approximate surface area is 162 Å². The third-order valence-electron chi connectivity index (χ3n) is 5.10. The highest BCUT2D eigenvalue weighted by molar-refractivity contribution is 6.20. The first-order valence-corrected chi connectivity index (χ1v) is 9.56. The zero-order valence-corrected chi connectivity index (χ0v) is 15.5. The average Bonchev–Trinajstić information content (AvgIpc) is 3.10. The summed E-state index contributed by atoms with van der Waals surface area (Å²) in [7, 11) is 0. The van der Waals surface area contributed by atoms with Gasteiger partial charge in [0.25, 0.3) is 5.91 Å². The van der Waals surface area contributed by atoms with Crippen LogP contribution in [0.4, 0.5) is 4.39 Å². The summed E-state index contributed by atoms with van der Waals surface area (Å²) in [5.41, 5.74) is 5.22. The van der Waals surface area contributed by atoms with E-state index in [2.05, 4.69) is 10.4 Å². The van der Waals surface area contributed by atoms with Crippen molar-refractivity contribution in [3.8, 4) is 0 Å². The molecule has 27 heavy (non-hydrogen) atoms. The van der Waals surface area contributed by atoms with E-state index in [0.717, 1.165) is 35.7 Å². The first kappa shape index (κ1) is 18.0. The number of amides is 1. The fourth-order valence-electron chi connectivity index (χ4n) is 3.63. The molecule has 0 bridgehead atoms. The molecule has 0 spiro atoms. The largest absolute Gasteiger partial charge is 0.350 e. The van der Waals surface area contributed by atoms with Gasteiger partial charge in [-0.1, -0.05) is 30.3 Å². The summed E-state index contributed by atoms with van der Waals surface area (Å²) in [4.78, 5) is 15.7. The number of piperidine rings is 1. The van der Waals surface area contributed by atoms with Crippen LogP contribution in [0.1, 0.15) is 28.9 Å². The Morgan fingerprint density at radius 2 is 2.00 bits per heavy atom. The predicted molar refractivity (Wildman–Crippen MR) is 105 cm³/mol. The molecule has 0 saturated carbocycles. The van der Waals surface area contributed by atoms with Gasteiger partial charge >= 0.3 is 0 Å². The number of aromatic nitrogens is 1. The topological polar surface area (TPSA) is 48.1 Å². The Balaban J connectivity index is 1.35. The van der Waals surface area contributed by atoms with E-state index in [1.54, 1.807) is 5.01 Å². The summed E-state index contributed by atoms with van der Waals surface area (Å²) in [5.74, 6) is 0.0107. The quantitative estimate of drug-likeness (QED) is 0.514. The Morgan fingerprint density at radius 1 is 1.22 bits per heavy atom. The van der Waals surface area contributed by atoms with Crippen molar-refractivity contribution in [2.75, 3.05) is 6.54 Å². The number of H-pyrrole nitrogens is 1. The molecule has 1 saturated heterocycles. The normalized spacial score (nSPS) is 20.7. The lowest BCUT2D eigenvalue weighted by Gasteiger charge is -2.36. The molecule has 1 aromatic heterocycles. The standard InChI is InChI=1S/C21H21ClFN3O/c22-20-12-15(11-14-5-7-17(23)8-6-14)9-10-26(20)25-21(27)19-13-16-3-1-2-4-18(16)24-19/h1-8,13,15,20,24H,9-12H2,(H,25,27). The molecule has 1 amide bonds. The number of carbonyl (C=O) groups excluding carboxylic acids is 1. The van der Waals surface area contributed by atoms with Gasteiger partial charge in [0.15, 0.2) is 0 Å². The second kappa shape index (κ2) is 7.71. The van der Waals surface area contributed by atoms with Crippen LogP contribution < -0.4 is 5.43 Å². The van der Waals surface area contributed by atoms with Gasteiger partial charge in [0.2, 0.25) is 0 Å². The van der Waals surface area contributed by atoms with Crippen LogP contribution in [-0.4, -0.2) is 27.9 Å². The van der Waals surface area contributed by atoms with E-state index in [9.17, 15) is 9.18 Å². The van der Waals surface area contributed by atoms with Gasteiger partial charge < -0.3 is 4.98 Å². The summed E-state index contributed by atoms with van der Waals surface area (Å²) in [6.45, 7) is 0.687. The lowest BCUT2D eigenvalue weighted by atomic mass is 9.90. The molecular formula is C21H21ClFN3O. The van der Waals surface area contributed by atoms with Crippen LogP contribution in [0.25, 0.3) is 10.9 Å². The Morgan fingerprint density at radius 3 is 2.74 bits per heavy atom. The second-order valence-electron chi connectivity index (χ2n) is 7.06. The molecule has 2 N–H and O–H groups in total. The maximum atomic E-state index is 13.0. The number of hydrogen-bond donors (Lipinski definition) is 2. The van der Waals surface area contributed by atoms with Crippen molar-refractivity contribution in [2.45, 2.75) is 24.8 Å². The highest BCUT2D eigenvalue weighted by Crippen LogP contribution is 2.27. The van der Waals surface area contributed by atoms with Crippen molar-refractivity contribution in [1.29, 1.82) is 0 Å². The van der Waals surface area contributed by atoms with Crippen molar-refractivity contribution < 1.29 is 9.18 Å². The third-order valence-corrected chi connectivity index (χ3v) is 5.52. The molecule has 1 aliphatic heterocycles. The van der Waals surface area contributed by atoms with Gasteiger partial charge in [0, 0.05) is 17.4 Å². The van der Waals surface area contributed by atoms with Crippen LogP contribution in [-0.2, 0) is 6.42 Å². The van der Waals surface area contributed by atoms with Gasteiger partial charge in [0.05, 0.1) is 0 Å². The number of hydrogen-bond acceptors (Lipinski definition) is 2. The maximum absolute atomic E-state index is 13.0. The lowest BCUT2D eigenvalue weighted by molar-refractivity contribution is 0.0634. The molecule has 140 valence electrons. The number of nitrogens with one attached hydrogen (secondary N) is 2. The molecule has 6 heteroatoms. The Kier molecular flexibility index (Phi) is 5.14. The monoisotopic (exact) mass is 385 g/mol. The van der Waals surface area contributed by atoms with Gasteiger partial charge in [-0.05, 0) is 55.0 Å². The van der Waals surface area contributed by atoms with Crippen molar-refractivity contribution in [3.63, 3.8) is 0 Å². The summed E-state index contributed by atoms with van der Waals surface area (Å²) >= 11 is 6.52. The van der Waals surface area contributed by atoms with E-state index in [1.807, 2.05) is 42.5 Å². The van der Waals surface area contributed by atoms with Gasteiger partial charge in [-0.15, -0.1) is 11.6 Å². The van der Waals surface area contributed by atoms with Gasteiger partial charge in [-0.3, -0.25) is 10.2 Å². The molecule has 3 aromatic rings. The molecule has 4 nitrogen and oxygen atoms in total. The van der Waals surface area contributed by atoms with E-state index in [1.165, 1.54) is 12.1 Å². The minimum atomic E-state index is -0.266. The number of carbonyl (C=O) groups is 1. The summed E-state index contributed by atoms with van der Waals surface area (Å²) in [6.07, 6.45) is 2.56. The number of rotatable bonds is 4. The molecule has 0 radical (unpaired) electrons. The number of aromatic amines is 1. The van der Waals surface area contributed by atoms with Crippen molar-refractivity contribution in [2.24, 2.45) is 5.92 Å². The zero-order chi connectivity index (χ0) is 18.8. The molecule has 2 atom stereocenters. The molecule has 2 unspecified atom stereocenters. The Bertz CT molecular complexity index is 907. The van der Waals surface area contributed by atoms with Crippen molar-refractivity contribution >= 4 is 28.4 Å². The fourth-order valence-corrected chi connectivity index (χ4v) is 4.03. The highest BCUT2D eigenvalue weighted by Gasteiger charge is 2.28. The number of benzene rings is 2. The number of para-hydroxylation sites is 1. The van der Waals surface area contributed by atoms with Crippen LogP contribution in [0.5, 0.6) is 0 Å². The molecular weight excluding hydrogens is 365 g/mol. The van der Waals surface area contributed by atoms with Gasteiger partial charge in [0.1, 0.15) is 17.0 Å². The number of alkyl halides is 1. The van der Waals surface area contributed by atoms with Crippen LogP contribution in [0.3, 0.4) is 0 Å². The predicted octanol–water partition coefficient (Wildman–Crippen LogP) is 4.47. The molecule has 1 fully saturated rings. The van der Waals surface area contributed by atoms with Crippen LogP contribution in [0, 0.1) is 11.7 Å². The first-order chi connectivity index (χ1) is 13.1. The van der Waals surface area contributed by atoms with E-state index in [0.29, 0.717) is 18.2 Å². The number of hydrazine groups is 1.